The number of ether oxygens (including phenoxy) is 1. The zero-order chi connectivity index (χ0) is 17.6. The lowest BCUT2D eigenvalue weighted by molar-refractivity contribution is -0.118. The van der Waals surface area contributed by atoms with Crippen LogP contribution in [0.2, 0.25) is 0 Å². The maximum atomic E-state index is 12.2. The fraction of sp³-hybridized carbons (Fsp3) is 0.211. The van der Waals surface area contributed by atoms with E-state index < -0.39 is 0 Å². The number of hydrogen-bond acceptors (Lipinski definition) is 4. The third kappa shape index (κ3) is 3.96. The topological polar surface area (TPSA) is 82.4 Å². The van der Waals surface area contributed by atoms with Crippen molar-refractivity contribution in [2.24, 2.45) is 0 Å². The number of amides is 2. The Labute approximate surface area is 145 Å². The van der Waals surface area contributed by atoms with E-state index in [2.05, 4.69) is 5.32 Å². The van der Waals surface area contributed by atoms with Crippen molar-refractivity contribution in [2.45, 2.75) is 12.8 Å². The van der Waals surface area contributed by atoms with Gasteiger partial charge in [0, 0.05) is 13.0 Å². The summed E-state index contributed by atoms with van der Waals surface area (Å²) in [6.45, 7) is 0.502. The molecule has 126 valence electrons. The summed E-state index contributed by atoms with van der Waals surface area (Å²) < 4.78 is 5.42. The largest absolute Gasteiger partial charge is 0.484 e. The third-order valence-corrected chi connectivity index (χ3v) is 3.90. The van der Waals surface area contributed by atoms with Gasteiger partial charge in [0.1, 0.15) is 5.75 Å². The highest BCUT2D eigenvalue weighted by molar-refractivity contribution is 6.02. The summed E-state index contributed by atoms with van der Waals surface area (Å²) >= 11 is 0. The second-order valence-corrected chi connectivity index (χ2v) is 5.64. The molecule has 0 radical (unpaired) electrons. The van der Waals surface area contributed by atoms with Crippen molar-refractivity contribution in [1.82, 2.24) is 0 Å². The van der Waals surface area contributed by atoms with E-state index in [4.69, 9.17) is 10.00 Å². The van der Waals surface area contributed by atoms with E-state index in [9.17, 15) is 9.59 Å². The van der Waals surface area contributed by atoms with Gasteiger partial charge >= 0.3 is 0 Å². The molecule has 2 aromatic rings. The molecule has 0 aromatic heterocycles. The number of para-hydroxylation sites is 2. The summed E-state index contributed by atoms with van der Waals surface area (Å²) in [5.74, 6) is 0.260. The maximum Gasteiger partial charge on any atom is 0.262 e. The molecule has 2 aromatic carbocycles. The fourth-order valence-corrected chi connectivity index (χ4v) is 2.68. The van der Waals surface area contributed by atoms with Gasteiger partial charge in [0.2, 0.25) is 5.91 Å². The molecule has 2 amide bonds. The first-order valence-electron chi connectivity index (χ1n) is 7.99. The van der Waals surface area contributed by atoms with Crippen LogP contribution in [-0.2, 0) is 9.59 Å². The number of rotatable bonds is 5. The van der Waals surface area contributed by atoms with Crippen LogP contribution in [0.3, 0.4) is 0 Å². The second-order valence-electron chi connectivity index (χ2n) is 5.64. The number of benzene rings is 2. The smallest absolute Gasteiger partial charge is 0.262 e. The van der Waals surface area contributed by atoms with E-state index in [0.717, 1.165) is 6.42 Å². The molecule has 0 bridgehead atoms. The minimum Gasteiger partial charge on any atom is -0.484 e. The molecule has 25 heavy (non-hydrogen) atoms. The van der Waals surface area contributed by atoms with Gasteiger partial charge in [-0.15, -0.1) is 0 Å². The highest BCUT2D eigenvalue weighted by Gasteiger charge is 2.24. The molecule has 1 saturated heterocycles. The van der Waals surface area contributed by atoms with E-state index in [1.807, 2.05) is 18.2 Å². The summed E-state index contributed by atoms with van der Waals surface area (Å²) in [5, 5.41) is 11.6. The molecule has 0 atom stereocenters. The van der Waals surface area contributed by atoms with Crippen molar-refractivity contribution in [2.75, 3.05) is 23.4 Å². The molecule has 6 nitrogen and oxygen atoms in total. The van der Waals surface area contributed by atoms with Gasteiger partial charge in [-0.3, -0.25) is 9.59 Å². The molecule has 0 aliphatic carbocycles. The van der Waals surface area contributed by atoms with Gasteiger partial charge in [-0.05, 0) is 42.8 Å². The molecule has 0 unspecified atom stereocenters. The molecule has 1 fully saturated rings. The quantitative estimate of drug-likeness (QED) is 0.911. The van der Waals surface area contributed by atoms with Gasteiger partial charge in [-0.1, -0.05) is 12.1 Å². The molecule has 3 rings (SSSR count). The Morgan fingerprint density at radius 2 is 1.96 bits per heavy atom. The number of nitrogens with zero attached hydrogens (tertiary/aromatic N) is 2. The first-order valence-corrected chi connectivity index (χ1v) is 7.99. The molecule has 1 N–H and O–H groups in total. The van der Waals surface area contributed by atoms with E-state index in [0.29, 0.717) is 35.7 Å². The van der Waals surface area contributed by atoms with Gasteiger partial charge in [0.25, 0.3) is 5.91 Å². The zero-order valence-electron chi connectivity index (χ0n) is 13.6. The van der Waals surface area contributed by atoms with Crippen molar-refractivity contribution in [3.63, 3.8) is 0 Å². The van der Waals surface area contributed by atoms with Crippen molar-refractivity contribution in [3.8, 4) is 11.8 Å². The normalized spacial score (nSPS) is 13.4. The van der Waals surface area contributed by atoms with Crippen LogP contribution in [0.1, 0.15) is 18.4 Å². The lowest BCUT2D eigenvalue weighted by Gasteiger charge is -2.20. The average molecular weight is 335 g/mol. The highest BCUT2D eigenvalue weighted by atomic mass is 16.5. The summed E-state index contributed by atoms with van der Waals surface area (Å²) in [6, 6.07) is 15.8. The van der Waals surface area contributed by atoms with E-state index >= 15 is 0 Å². The number of nitriles is 1. The lowest BCUT2D eigenvalue weighted by atomic mass is 10.2. The van der Waals surface area contributed by atoms with Gasteiger partial charge in [0.15, 0.2) is 6.61 Å². The summed E-state index contributed by atoms with van der Waals surface area (Å²) in [7, 11) is 0. The van der Waals surface area contributed by atoms with Crippen LogP contribution < -0.4 is 15.0 Å². The van der Waals surface area contributed by atoms with E-state index in [1.54, 1.807) is 41.3 Å². The highest BCUT2D eigenvalue weighted by Crippen LogP contribution is 2.29. The minimum atomic E-state index is -0.316. The fourth-order valence-electron chi connectivity index (χ4n) is 2.68. The van der Waals surface area contributed by atoms with Crippen molar-refractivity contribution >= 4 is 23.2 Å². The SMILES string of the molecule is N#Cc1ccc(OCC(=O)Nc2ccccc2N2CCCC2=O)cc1. The third-order valence-electron chi connectivity index (χ3n) is 3.90. The number of carbonyl (C=O) groups excluding carboxylic acids is 2. The van der Waals surface area contributed by atoms with Crippen LogP contribution in [-0.4, -0.2) is 25.0 Å². The average Bonchev–Trinajstić information content (AvgIpc) is 3.07. The molecule has 1 aliphatic rings. The summed E-state index contributed by atoms with van der Waals surface area (Å²) in [5.41, 5.74) is 1.82. The Morgan fingerprint density at radius 3 is 2.64 bits per heavy atom. The summed E-state index contributed by atoms with van der Waals surface area (Å²) in [6.07, 6.45) is 1.35. The van der Waals surface area contributed by atoms with Crippen LogP contribution >= 0.6 is 0 Å². The minimum absolute atomic E-state index is 0.0653. The monoisotopic (exact) mass is 335 g/mol. The first-order chi connectivity index (χ1) is 12.2. The number of hydrogen-bond donors (Lipinski definition) is 1. The molecule has 1 heterocycles. The van der Waals surface area contributed by atoms with Crippen LogP contribution in [0, 0.1) is 11.3 Å². The number of carbonyl (C=O) groups is 2. The lowest BCUT2D eigenvalue weighted by Crippen LogP contribution is -2.26. The molecular weight excluding hydrogens is 318 g/mol. The number of nitrogens with one attached hydrogen (secondary N) is 1. The predicted molar refractivity (Wildman–Crippen MR) is 93.3 cm³/mol. The van der Waals surface area contributed by atoms with Crippen LogP contribution in [0.5, 0.6) is 5.75 Å². The number of anilines is 2. The van der Waals surface area contributed by atoms with Gasteiger partial charge in [-0.25, -0.2) is 0 Å². The van der Waals surface area contributed by atoms with Crippen molar-refractivity contribution < 1.29 is 14.3 Å². The van der Waals surface area contributed by atoms with Crippen LogP contribution in [0.25, 0.3) is 0 Å². The van der Waals surface area contributed by atoms with Crippen molar-refractivity contribution in [1.29, 1.82) is 5.26 Å². The van der Waals surface area contributed by atoms with Gasteiger partial charge in [-0.2, -0.15) is 5.26 Å². The maximum absolute atomic E-state index is 12.2. The Hall–Kier alpha value is -3.33. The standard InChI is InChI=1S/C19H17N3O3/c20-12-14-7-9-15(10-8-14)25-13-18(23)21-16-4-1-2-5-17(16)22-11-3-6-19(22)24/h1-2,4-5,7-10H,3,6,11,13H2,(H,21,23). The molecule has 6 heteroatoms. The Bertz CT molecular complexity index is 825. The van der Waals surface area contributed by atoms with E-state index in [-0.39, 0.29) is 18.4 Å². The molecule has 1 aliphatic heterocycles. The molecule has 0 spiro atoms. The molecular formula is C19H17N3O3. The molecule has 0 saturated carbocycles. The summed E-state index contributed by atoms with van der Waals surface area (Å²) in [4.78, 5) is 25.8. The van der Waals surface area contributed by atoms with Gasteiger partial charge in [0.05, 0.1) is 23.0 Å². The Balaban J connectivity index is 1.63. The zero-order valence-corrected chi connectivity index (χ0v) is 13.6. The van der Waals surface area contributed by atoms with Crippen LogP contribution in [0.4, 0.5) is 11.4 Å². The van der Waals surface area contributed by atoms with Crippen molar-refractivity contribution in [3.05, 3.63) is 54.1 Å². The Morgan fingerprint density at radius 1 is 1.20 bits per heavy atom. The van der Waals surface area contributed by atoms with Gasteiger partial charge < -0.3 is 15.0 Å². The first kappa shape index (κ1) is 16.5. The Kier molecular flexibility index (Phi) is 4.95. The predicted octanol–water partition coefficient (Wildman–Crippen LogP) is 2.70. The van der Waals surface area contributed by atoms with Crippen LogP contribution in [0.15, 0.2) is 48.5 Å². The van der Waals surface area contributed by atoms with E-state index in [1.165, 1.54) is 0 Å². The second kappa shape index (κ2) is 7.49.